The number of fused-ring (bicyclic) bond motifs is 1. The van der Waals surface area contributed by atoms with Gasteiger partial charge in [-0.15, -0.1) is 0 Å². The molecule has 2 N–H and O–H groups in total. The van der Waals surface area contributed by atoms with Gasteiger partial charge < -0.3 is 19.9 Å². The number of aliphatic hydroxyl groups is 1. The van der Waals surface area contributed by atoms with Gasteiger partial charge >= 0.3 is 0 Å². The zero-order chi connectivity index (χ0) is 34.7. The van der Waals surface area contributed by atoms with Gasteiger partial charge in [0.2, 0.25) is 5.91 Å². The Labute approximate surface area is 284 Å². The highest BCUT2D eigenvalue weighted by Crippen LogP contribution is 2.54. The molecule has 2 unspecified atom stereocenters. The highest BCUT2D eigenvalue weighted by molar-refractivity contribution is 7.99. The molecule has 0 aliphatic carbocycles. The number of nitrogens with zero attached hydrogens (tertiary/aromatic N) is 2. The van der Waals surface area contributed by atoms with Gasteiger partial charge in [-0.1, -0.05) is 74.1 Å². The lowest BCUT2D eigenvalue weighted by Gasteiger charge is -2.26. The first-order valence-electron chi connectivity index (χ1n) is 16.0. The van der Waals surface area contributed by atoms with Crippen molar-refractivity contribution in [3.63, 3.8) is 0 Å². The zero-order valence-corrected chi connectivity index (χ0v) is 28.6. The van der Waals surface area contributed by atoms with Gasteiger partial charge in [0.1, 0.15) is 11.6 Å². The molecule has 5 rings (SSSR count). The van der Waals surface area contributed by atoms with Gasteiger partial charge in [0, 0.05) is 53.2 Å². The number of aromatic nitrogens is 1. The maximum Gasteiger partial charge on any atom is 0.227 e. The Bertz CT molecular complexity index is 1830. The normalized spacial score (nSPS) is 16.0. The third-order valence-corrected chi connectivity index (χ3v) is 9.87. The number of likely N-dealkylation sites (N-methyl/N-ethyl adjacent to an activating group) is 1. The lowest BCUT2D eigenvalue weighted by Crippen LogP contribution is -2.31. The van der Waals surface area contributed by atoms with E-state index in [2.05, 4.69) is 10.2 Å². The Morgan fingerprint density at radius 3 is 2.25 bits per heavy atom. The SMILES string of the molecule is CC(C)C(=O)c1cn(Cc2c(F)cccc2F)c2c(c1=O)C(CN(C)Cc1ccccc1)C(c1ccc(NC(=O)CC(C)(C)O)cc1)S2. The highest BCUT2D eigenvalue weighted by Gasteiger charge is 2.40. The third kappa shape index (κ3) is 8.11. The van der Waals surface area contributed by atoms with Crippen molar-refractivity contribution in [1.82, 2.24) is 9.47 Å². The smallest absolute Gasteiger partial charge is 0.227 e. The topological polar surface area (TPSA) is 91.6 Å². The van der Waals surface area contributed by atoms with Crippen LogP contribution in [0.3, 0.4) is 0 Å². The summed E-state index contributed by atoms with van der Waals surface area (Å²) in [6.07, 6.45) is 1.39. The Kier molecular flexibility index (Phi) is 10.7. The fraction of sp³-hybridized carbons (Fsp3) is 0.342. The van der Waals surface area contributed by atoms with Crippen molar-refractivity contribution < 1.29 is 23.5 Å². The van der Waals surface area contributed by atoms with Gasteiger partial charge in [-0.25, -0.2) is 8.78 Å². The summed E-state index contributed by atoms with van der Waals surface area (Å²) in [6.45, 7) is 7.47. The second-order valence-corrected chi connectivity index (χ2v) is 14.6. The summed E-state index contributed by atoms with van der Waals surface area (Å²) in [4.78, 5) is 42.3. The molecule has 1 amide bonds. The molecule has 1 aliphatic rings. The van der Waals surface area contributed by atoms with Crippen LogP contribution in [-0.2, 0) is 17.9 Å². The van der Waals surface area contributed by atoms with Gasteiger partial charge in [-0.05, 0) is 56.3 Å². The first-order chi connectivity index (χ1) is 22.7. The number of anilines is 1. The average Bonchev–Trinajstić information content (AvgIpc) is 3.39. The minimum Gasteiger partial charge on any atom is -0.390 e. The number of carbonyl (C=O) groups is 2. The molecule has 252 valence electrons. The molecule has 2 atom stereocenters. The number of nitrogens with one attached hydrogen (secondary N) is 1. The van der Waals surface area contributed by atoms with Crippen molar-refractivity contribution in [2.24, 2.45) is 5.92 Å². The van der Waals surface area contributed by atoms with Crippen molar-refractivity contribution >= 4 is 29.1 Å². The van der Waals surface area contributed by atoms with Crippen LogP contribution in [-0.4, -0.2) is 45.5 Å². The lowest BCUT2D eigenvalue weighted by molar-refractivity contribution is -0.119. The molecule has 10 heteroatoms. The molecular formula is C38H41F2N3O4S. The number of Topliss-reactive ketones (excluding diaryl/α,β-unsaturated/α-hetero) is 1. The van der Waals surface area contributed by atoms with Gasteiger partial charge in [0.15, 0.2) is 11.2 Å². The van der Waals surface area contributed by atoms with Crippen LogP contribution in [0.2, 0.25) is 0 Å². The molecule has 0 spiro atoms. The molecular weight excluding hydrogens is 632 g/mol. The van der Waals surface area contributed by atoms with Crippen molar-refractivity contribution in [3.8, 4) is 0 Å². The van der Waals surface area contributed by atoms with E-state index in [1.807, 2.05) is 49.5 Å². The fourth-order valence-electron chi connectivity index (χ4n) is 6.08. The molecule has 0 saturated carbocycles. The molecule has 0 saturated heterocycles. The summed E-state index contributed by atoms with van der Waals surface area (Å²) < 4.78 is 31.5. The fourth-order valence-corrected chi connectivity index (χ4v) is 7.62. The van der Waals surface area contributed by atoms with Gasteiger partial charge in [0.25, 0.3) is 0 Å². The molecule has 3 aromatic carbocycles. The predicted molar refractivity (Wildman–Crippen MR) is 185 cm³/mol. The van der Waals surface area contributed by atoms with Crippen LogP contribution in [0.4, 0.5) is 14.5 Å². The van der Waals surface area contributed by atoms with Crippen LogP contribution in [0.15, 0.2) is 88.8 Å². The van der Waals surface area contributed by atoms with Gasteiger partial charge in [0.05, 0.1) is 29.2 Å². The maximum absolute atomic E-state index is 14.9. The molecule has 4 aromatic rings. The second-order valence-electron chi connectivity index (χ2n) is 13.4. The molecule has 0 fully saturated rings. The van der Waals surface area contributed by atoms with Crippen LogP contribution in [0.25, 0.3) is 0 Å². The van der Waals surface area contributed by atoms with Crippen molar-refractivity contribution in [3.05, 3.63) is 129 Å². The Hall–Kier alpha value is -4.12. The minimum atomic E-state index is -1.15. The van der Waals surface area contributed by atoms with Crippen molar-refractivity contribution in [1.29, 1.82) is 0 Å². The molecule has 0 radical (unpaired) electrons. The van der Waals surface area contributed by atoms with Gasteiger partial charge in [-0.3, -0.25) is 14.4 Å². The van der Waals surface area contributed by atoms with Crippen molar-refractivity contribution in [2.75, 3.05) is 18.9 Å². The van der Waals surface area contributed by atoms with E-state index < -0.39 is 23.2 Å². The number of hydrogen-bond donors (Lipinski definition) is 2. The Morgan fingerprint density at radius 1 is 1.00 bits per heavy atom. The van der Waals surface area contributed by atoms with E-state index in [4.69, 9.17) is 0 Å². The lowest BCUT2D eigenvalue weighted by atomic mass is 9.89. The summed E-state index contributed by atoms with van der Waals surface area (Å²) in [5, 5.41) is 13.1. The number of amides is 1. The molecule has 48 heavy (non-hydrogen) atoms. The van der Waals surface area contributed by atoms with Crippen LogP contribution >= 0.6 is 11.8 Å². The molecule has 1 aromatic heterocycles. The molecule has 2 heterocycles. The van der Waals surface area contributed by atoms with E-state index in [0.717, 1.165) is 11.1 Å². The standard InChI is InChI=1S/C38H41F2N3O4S/c1-23(2)34(45)29-22-43(21-27-30(39)12-9-13-31(27)40)37-33(35(29)46)28(20-42(5)19-24-10-7-6-8-11-24)36(48-37)25-14-16-26(17-15-25)41-32(44)18-38(3,4)47/h6-17,22-23,28,36,47H,18-21H2,1-5H3,(H,41,44). The Balaban J connectivity index is 1.59. The summed E-state index contributed by atoms with van der Waals surface area (Å²) >= 11 is 1.43. The van der Waals surface area contributed by atoms with Crippen LogP contribution in [0.5, 0.6) is 0 Å². The van der Waals surface area contributed by atoms with E-state index >= 15 is 0 Å². The number of carbonyl (C=O) groups excluding carboxylic acids is 2. The average molecular weight is 674 g/mol. The minimum absolute atomic E-state index is 0.00216. The predicted octanol–water partition coefficient (Wildman–Crippen LogP) is 7.18. The summed E-state index contributed by atoms with van der Waals surface area (Å²) in [7, 11) is 1.98. The van der Waals surface area contributed by atoms with Crippen LogP contribution in [0, 0.1) is 17.6 Å². The number of pyridine rings is 1. The molecule has 7 nitrogen and oxygen atoms in total. The van der Waals surface area contributed by atoms with E-state index in [9.17, 15) is 28.3 Å². The number of halogens is 2. The largest absolute Gasteiger partial charge is 0.390 e. The summed E-state index contributed by atoms with van der Waals surface area (Å²) in [5.41, 5.74) is 1.34. The van der Waals surface area contributed by atoms with Crippen molar-refractivity contribution in [2.45, 2.75) is 69.0 Å². The number of ketones is 1. The van der Waals surface area contributed by atoms with E-state index in [-0.39, 0.29) is 52.4 Å². The molecule has 0 bridgehead atoms. The summed E-state index contributed by atoms with van der Waals surface area (Å²) in [6, 6.07) is 21.0. The number of hydrogen-bond acceptors (Lipinski definition) is 6. The number of rotatable bonds is 12. The first-order valence-corrected chi connectivity index (χ1v) is 16.9. The number of benzene rings is 3. The number of thioether (sulfide) groups is 1. The van der Waals surface area contributed by atoms with Gasteiger partial charge in [-0.2, -0.15) is 0 Å². The van der Waals surface area contributed by atoms with Crippen LogP contribution < -0.4 is 10.7 Å². The first kappa shape index (κ1) is 35.2. The quantitative estimate of drug-likeness (QED) is 0.155. The maximum atomic E-state index is 14.9. The second kappa shape index (κ2) is 14.6. The van der Waals surface area contributed by atoms with E-state index in [1.54, 1.807) is 44.4 Å². The highest BCUT2D eigenvalue weighted by atomic mass is 32.2. The Morgan fingerprint density at radius 2 is 1.65 bits per heavy atom. The van der Waals surface area contributed by atoms with E-state index in [0.29, 0.717) is 29.4 Å². The summed E-state index contributed by atoms with van der Waals surface area (Å²) in [5.74, 6) is -2.91. The molecule has 1 aliphatic heterocycles. The third-order valence-electron chi connectivity index (χ3n) is 8.34. The van der Waals surface area contributed by atoms with E-state index in [1.165, 1.54) is 36.2 Å². The monoisotopic (exact) mass is 673 g/mol. The zero-order valence-electron chi connectivity index (χ0n) is 27.8. The van der Waals surface area contributed by atoms with Crippen LogP contribution in [0.1, 0.15) is 77.9 Å².